The molecule has 0 saturated carbocycles. The van der Waals surface area contributed by atoms with Gasteiger partial charge in [-0.25, -0.2) is 0 Å². The average Bonchev–Trinajstić information content (AvgIpc) is 2.60. The number of rotatable bonds is 2. The minimum atomic E-state index is -0.321. The molecule has 21 heavy (non-hydrogen) atoms. The van der Waals surface area contributed by atoms with Gasteiger partial charge in [0, 0.05) is 28.8 Å². The highest BCUT2D eigenvalue weighted by Gasteiger charge is 2.31. The van der Waals surface area contributed by atoms with Crippen LogP contribution in [0.25, 0.3) is 0 Å². The second kappa shape index (κ2) is 5.65. The lowest BCUT2D eigenvalue weighted by Gasteiger charge is -2.23. The van der Waals surface area contributed by atoms with E-state index in [1.165, 1.54) is 0 Å². The molecule has 1 atom stereocenters. The number of carbonyl (C=O) groups is 2. The molecule has 3 N–H and O–H groups in total. The van der Waals surface area contributed by atoms with Crippen molar-refractivity contribution in [1.82, 2.24) is 10.6 Å². The fourth-order valence-electron chi connectivity index (χ4n) is 2.81. The number of nitrogens with zero attached hydrogens (tertiary/aromatic N) is 1. The van der Waals surface area contributed by atoms with Crippen molar-refractivity contribution in [3.63, 3.8) is 0 Å². The molecule has 2 amide bonds. The summed E-state index contributed by atoms with van der Waals surface area (Å²) in [5, 5.41) is 8.75. The molecule has 2 aliphatic heterocycles. The Balaban J connectivity index is 1.96. The minimum absolute atomic E-state index is 0.0250. The van der Waals surface area contributed by atoms with E-state index in [1.54, 1.807) is 7.05 Å². The highest BCUT2D eigenvalue weighted by Crippen LogP contribution is 2.39. The fourth-order valence-corrected chi connectivity index (χ4v) is 3.42. The molecule has 112 valence electrons. The zero-order valence-corrected chi connectivity index (χ0v) is 13.3. The van der Waals surface area contributed by atoms with Crippen LogP contribution < -0.4 is 20.9 Å². The Morgan fingerprint density at radius 2 is 2.19 bits per heavy atom. The van der Waals surface area contributed by atoms with Gasteiger partial charge >= 0.3 is 0 Å². The van der Waals surface area contributed by atoms with Gasteiger partial charge in [0.1, 0.15) is 6.04 Å². The number of halogens is 1. The van der Waals surface area contributed by atoms with Crippen LogP contribution in [0, 0.1) is 0 Å². The number of fused-ring (bicyclic) bond motifs is 1. The summed E-state index contributed by atoms with van der Waals surface area (Å²) in [5.41, 5.74) is 2.67. The molecule has 0 aromatic heterocycles. The Morgan fingerprint density at radius 3 is 2.95 bits per heavy atom. The van der Waals surface area contributed by atoms with Gasteiger partial charge in [-0.1, -0.05) is 0 Å². The van der Waals surface area contributed by atoms with Crippen LogP contribution in [-0.4, -0.2) is 38.5 Å². The van der Waals surface area contributed by atoms with Gasteiger partial charge < -0.3 is 20.9 Å². The number of anilines is 2. The highest BCUT2D eigenvalue weighted by molar-refractivity contribution is 9.10. The van der Waals surface area contributed by atoms with Crippen LogP contribution in [-0.2, 0) is 9.59 Å². The van der Waals surface area contributed by atoms with Gasteiger partial charge in [0.05, 0.1) is 12.2 Å². The van der Waals surface area contributed by atoms with E-state index in [9.17, 15) is 9.59 Å². The first kappa shape index (κ1) is 14.3. The Labute approximate surface area is 131 Å². The van der Waals surface area contributed by atoms with Crippen molar-refractivity contribution < 1.29 is 9.59 Å². The van der Waals surface area contributed by atoms with Gasteiger partial charge in [-0.2, -0.15) is 0 Å². The molecule has 2 heterocycles. The summed E-state index contributed by atoms with van der Waals surface area (Å²) in [6.07, 6.45) is 0.904. The normalized spacial score (nSPS) is 21.6. The van der Waals surface area contributed by atoms with E-state index >= 15 is 0 Å². The van der Waals surface area contributed by atoms with Crippen molar-refractivity contribution in [3.05, 3.63) is 22.2 Å². The van der Waals surface area contributed by atoms with E-state index in [0.29, 0.717) is 13.1 Å². The molecule has 1 fully saturated rings. The summed E-state index contributed by atoms with van der Waals surface area (Å²) < 4.78 is 0.896. The lowest BCUT2D eigenvalue weighted by Crippen LogP contribution is -2.33. The Hall–Kier alpha value is -1.60. The maximum atomic E-state index is 11.9. The second-order valence-electron chi connectivity index (χ2n) is 5.23. The molecule has 1 aromatic rings. The number of carbonyl (C=O) groups excluding carboxylic acids is 2. The zero-order valence-electron chi connectivity index (χ0n) is 11.7. The van der Waals surface area contributed by atoms with E-state index in [1.807, 2.05) is 17.0 Å². The third-order valence-corrected chi connectivity index (χ3v) is 4.48. The van der Waals surface area contributed by atoms with Crippen LogP contribution in [0.2, 0.25) is 0 Å². The van der Waals surface area contributed by atoms with Crippen LogP contribution in [0.1, 0.15) is 18.0 Å². The molecule has 0 aliphatic carbocycles. The molecule has 0 radical (unpaired) electrons. The first-order valence-corrected chi connectivity index (χ1v) is 7.72. The Bertz CT molecular complexity index is 605. The molecule has 0 bridgehead atoms. The predicted octanol–water partition coefficient (Wildman–Crippen LogP) is 0.988. The van der Waals surface area contributed by atoms with Gasteiger partial charge in [-0.3, -0.25) is 9.59 Å². The van der Waals surface area contributed by atoms with Crippen molar-refractivity contribution >= 4 is 39.1 Å². The summed E-state index contributed by atoms with van der Waals surface area (Å²) in [6.45, 7) is 1.84. The number of hydrogen-bond donors (Lipinski definition) is 3. The Morgan fingerprint density at radius 1 is 1.38 bits per heavy atom. The van der Waals surface area contributed by atoms with Crippen molar-refractivity contribution in [2.24, 2.45) is 0 Å². The van der Waals surface area contributed by atoms with Gasteiger partial charge in [-0.05, 0) is 41.5 Å². The van der Waals surface area contributed by atoms with Crippen LogP contribution in [0.15, 0.2) is 16.6 Å². The third-order valence-electron chi connectivity index (χ3n) is 3.84. The minimum Gasteiger partial charge on any atom is -0.361 e. The number of amides is 2. The van der Waals surface area contributed by atoms with Crippen LogP contribution >= 0.6 is 15.9 Å². The topological polar surface area (TPSA) is 73.5 Å². The first-order chi connectivity index (χ1) is 10.1. The quantitative estimate of drug-likeness (QED) is 0.742. The second-order valence-corrected chi connectivity index (χ2v) is 6.08. The van der Waals surface area contributed by atoms with Gasteiger partial charge in [-0.15, -0.1) is 0 Å². The summed E-state index contributed by atoms with van der Waals surface area (Å²) in [4.78, 5) is 25.6. The zero-order chi connectivity index (χ0) is 15.0. The van der Waals surface area contributed by atoms with Crippen LogP contribution in [0.5, 0.6) is 0 Å². The molecule has 3 rings (SSSR count). The predicted molar refractivity (Wildman–Crippen MR) is 84.4 cm³/mol. The largest absolute Gasteiger partial charge is 0.361 e. The molecule has 1 aromatic carbocycles. The number of benzene rings is 1. The maximum absolute atomic E-state index is 11.9. The third kappa shape index (κ3) is 2.63. The van der Waals surface area contributed by atoms with Gasteiger partial charge in [0.25, 0.3) is 0 Å². The Kier molecular flexibility index (Phi) is 3.86. The van der Waals surface area contributed by atoms with Crippen LogP contribution in [0.3, 0.4) is 0 Å². The fraction of sp³-hybridized carbons (Fsp3) is 0.429. The van der Waals surface area contributed by atoms with Crippen molar-refractivity contribution in [2.45, 2.75) is 12.5 Å². The lowest BCUT2D eigenvalue weighted by atomic mass is 10.1. The molecule has 1 saturated heterocycles. The van der Waals surface area contributed by atoms with E-state index in [0.717, 1.165) is 34.4 Å². The number of hydrogen-bond acceptors (Lipinski definition) is 4. The highest BCUT2D eigenvalue weighted by atomic mass is 79.9. The molecule has 0 spiro atoms. The molecule has 1 unspecified atom stereocenters. The SMILES string of the molecule is CNC1C(=O)Nc2cc(N3CCCNC(=O)C3)c(Br)cc21. The summed E-state index contributed by atoms with van der Waals surface area (Å²) in [7, 11) is 1.76. The first-order valence-electron chi connectivity index (χ1n) is 6.93. The number of nitrogens with one attached hydrogen (secondary N) is 3. The standard InChI is InChI=1S/C14H17BrN4O2/c1-16-13-8-5-9(15)11(6-10(8)18-14(13)21)19-4-2-3-17-12(20)7-19/h5-6,13,16H,2-4,7H2,1H3,(H,17,20)(H,18,21). The maximum Gasteiger partial charge on any atom is 0.246 e. The molecule has 7 heteroatoms. The molecular weight excluding hydrogens is 336 g/mol. The smallest absolute Gasteiger partial charge is 0.246 e. The van der Waals surface area contributed by atoms with E-state index in [2.05, 4.69) is 31.9 Å². The summed E-state index contributed by atoms with van der Waals surface area (Å²) in [5.74, 6) is -0.0257. The van der Waals surface area contributed by atoms with Crippen LogP contribution in [0.4, 0.5) is 11.4 Å². The van der Waals surface area contributed by atoms with Crippen molar-refractivity contribution in [3.8, 4) is 0 Å². The van der Waals surface area contributed by atoms with Gasteiger partial charge in [0.15, 0.2) is 0 Å². The van der Waals surface area contributed by atoms with Crippen molar-refractivity contribution in [1.29, 1.82) is 0 Å². The molecule has 2 aliphatic rings. The average molecular weight is 353 g/mol. The monoisotopic (exact) mass is 352 g/mol. The van der Waals surface area contributed by atoms with E-state index < -0.39 is 0 Å². The summed E-state index contributed by atoms with van der Waals surface area (Å²) in [6, 6.07) is 3.57. The summed E-state index contributed by atoms with van der Waals surface area (Å²) >= 11 is 3.57. The van der Waals surface area contributed by atoms with Crippen molar-refractivity contribution in [2.75, 3.05) is 36.9 Å². The van der Waals surface area contributed by atoms with E-state index in [4.69, 9.17) is 0 Å². The number of likely N-dealkylation sites (N-methyl/N-ethyl adjacent to an activating group) is 1. The van der Waals surface area contributed by atoms with E-state index in [-0.39, 0.29) is 17.9 Å². The lowest BCUT2D eigenvalue weighted by molar-refractivity contribution is -0.119. The molecule has 6 nitrogen and oxygen atoms in total. The molecular formula is C14H17BrN4O2. The van der Waals surface area contributed by atoms with Gasteiger partial charge in [0.2, 0.25) is 11.8 Å².